The summed E-state index contributed by atoms with van der Waals surface area (Å²) in [6.07, 6.45) is 0.824. The molecule has 2 N–H and O–H groups in total. The largest absolute Gasteiger partial charge is 0.326 e. The molecule has 7 heteroatoms. The van der Waals surface area contributed by atoms with Gasteiger partial charge in [-0.05, 0) is 41.5 Å². The van der Waals surface area contributed by atoms with Crippen molar-refractivity contribution in [3.63, 3.8) is 0 Å². The van der Waals surface area contributed by atoms with Gasteiger partial charge in [0.15, 0.2) is 0 Å². The Morgan fingerprint density at radius 3 is 2.57 bits per heavy atom. The average molecular weight is 393 g/mol. The number of nitrogens with one attached hydrogen (secondary N) is 2. The van der Waals surface area contributed by atoms with E-state index in [1.807, 2.05) is 42.5 Å². The first-order valence-electron chi connectivity index (χ1n) is 8.98. The number of sulfonamides is 1. The van der Waals surface area contributed by atoms with Crippen molar-refractivity contribution in [1.29, 1.82) is 0 Å². The summed E-state index contributed by atoms with van der Waals surface area (Å²) in [5, 5.41) is 5.08. The summed E-state index contributed by atoms with van der Waals surface area (Å²) < 4.78 is 26.6. The Labute approximate surface area is 163 Å². The number of carbonyl (C=O) groups excluding carboxylic acids is 1. The van der Waals surface area contributed by atoms with Crippen LogP contribution < -0.4 is 10.0 Å². The third kappa shape index (κ3) is 3.75. The van der Waals surface area contributed by atoms with Gasteiger partial charge in [0, 0.05) is 24.2 Å². The van der Waals surface area contributed by atoms with Crippen molar-refractivity contribution in [2.24, 2.45) is 4.99 Å². The van der Waals surface area contributed by atoms with Crippen LogP contribution in [0.5, 0.6) is 0 Å². The SMILES string of the molecule is O=C(CCCN=C1NS(=O)(=O)c2ccccc21)Nc1ccc2ccccc2c1. The minimum absolute atomic E-state index is 0.0946. The Morgan fingerprint density at radius 1 is 0.964 bits per heavy atom. The van der Waals surface area contributed by atoms with Crippen molar-refractivity contribution in [3.05, 3.63) is 72.3 Å². The van der Waals surface area contributed by atoms with E-state index < -0.39 is 10.0 Å². The van der Waals surface area contributed by atoms with Crippen molar-refractivity contribution in [2.75, 3.05) is 11.9 Å². The molecule has 0 saturated heterocycles. The molecule has 0 spiro atoms. The van der Waals surface area contributed by atoms with Gasteiger partial charge in [-0.1, -0.05) is 42.5 Å². The monoisotopic (exact) mass is 393 g/mol. The van der Waals surface area contributed by atoms with E-state index in [9.17, 15) is 13.2 Å². The normalized spacial score (nSPS) is 15.9. The van der Waals surface area contributed by atoms with Gasteiger partial charge < -0.3 is 5.32 Å². The van der Waals surface area contributed by atoms with Crippen LogP contribution >= 0.6 is 0 Å². The number of amides is 1. The van der Waals surface area contributed by atoms with Crippen LogP contribution in [-0.2, 0) is 14.8 Å². The lowest BCUT2D eigenvalue weighted by molar-refractivity contribution is -0.116. The molecule has 0 aromatic heterocycles. The van der Waals surface area contributed by atoms with Crippen molar-refractivity contribution in [2.45, 2.75) is 17.7 Å². The first kappa shape index (κ1) is 18.2. The first-order valence-corrected chi connectivity index (χ1v) is 10.5. The zero-order valence-electron chi connectivity index (χ0n) is 15.1. The molecule has 3 aromatic rings. The molecule has 0 aliphatic carbocycles. The third-order valence-electron chi connectivity index (χ3n) is 4.53. The molecular weight excluding hydrogens is 374 g/mol. The van der Waals surface area contributed by atoms with E-state index in [4.69, 9.17) is 0 Å². The van der Waals surface area contributed by atoms with Gasteiger partial charge in [-0.25, -0.2) is 8.42 Å². The van der Waals surface area contributed by atoms with E-state index in [0.29, 0.717) is 30.8 Å². The minimum atomic E-state index is -3.53. The topological polar surface area (TPSA) is 87.6 Å². The Balaban J connectivity index is 1.34. The molecule has 1 aliphatic heterocycles. The second-order valence-electron chi connectivity index (χ2n) is 6.55. The molecule has 6 nitrogen and oxygen atoms in total. The van der Waals surface area contributed by atoms with E-state index >= 15 is 0 Å². The summed E-state index contributed by atoms with van der Waals surface area (Å²) in [5.74, 6) is 0.244. The molecule has 0 atom stereocenters. The number of hydrogen-bond donors (Lipinski definition) is 2. The molecule has 28 heavy (non-hydrogen) atoms. The molecule has 1 amide bonds. The Bertz CT molecular complexity index is 1190. The number of hydrogen-bond acceptors (Lipinski definition) is 4. The Hall–Kier alpha value is -3.19. The van der Waals surface area contributed by atoms with Crippen LogP contribution in [0.1, 0.15) is 18.4 Å². The highest BCUT2D eigenvalue weighted by Gasteiger charge is 2.29. The lowest BCUT2D eigenvalue weighted by Gasteiger charge is -2.06. The van der Waals surface area contributed by atoms with Crippen molar-refractivity contribution in [1.82, 2.24) is 4.72 Å². The fourth-order valence-electron chi connectivity index (χ4n) is 3.17. The van der Waals surface area contributed by atoms with Crippen LogP contribution in [0.15, 0.2) is 76.6 Å². The molecule has 0 unspecified atom stereocenters. The molecular formula is C21H19N3O3S. The number of benzene rings is 3. The summed E-state index contributed by atoms with van der Waals surface area (Å²) in [4.78, 5) is 16.7. The zero-order valence-corrected chi connectivity index (χ0v) is 15.9. The number of amidine groups is 1. The van der Waals surface area contributed by atoms with Gasteiger partial charge in [-0.3, -0.25) is 14.5 Å². The van der Waals surface area contributed by atoms with Crippen LogP contribution in [0.25, 0.3) is 10.8 Å². The quantitative estimate of drug-likeness (QED) is 0.652. The fourth-order valence-corrected chi connectivity index (χ4v) is 4.42. The molecule has 0 fully saturated rings. The van der Waals surface area contributed by atoms with Gasteiger partial charge in [0.2, 0.25) is 5.91 Å². The maximum absolute atomic E-state index is 12.2. The van der Waals surface area contributed by atoms with Gasteiger partial charge in [0.05, 0.1) is 4.90 Å². The molecule has 0 bridgehead atoms. The average Bonchev–Trinajstić information content (AvgIpc) is 2.96. The lowest BCUT2D eigenvalue weighted by atomic mass is 10.1. The van der Waals surface area contributed by atoms with Gasteiger partial charge in [-0.15, -0.1) is 0 Å². The highest BCUT2D eigenvalue weighted by atomic mass is 32.2. The number of nitrogens with zero attached hydrogens (tertiary/aromatic N) is 1. The van der Waals surface area contributed by atoms with Crippen LogP contribution in [0.4, 0.5) is 5.69 Å². The number of carbonyl (C=O) groups is 1. The third-order valence-corrected chi connectivity index (χ3v) is 5.92. The van der Waals surface area contributed by atoms with Crippen LogP contribution in [0.3, 0.4) is 0 Å². The fraction of sp³-hybridized carbons (Fsp3) is 0.143. The molecule has 0 saturated carbocycles. The summed E-state index contributed by atoms with van der Waals surface area (Å²) >= 11 is 0. The zero-order chi connectivity index (χ0) is 19.6. The Morgan fingerprint density at radius 2 is 1.71 bits per heavy atom. The van der Waals surface area contributed by atoms with Crippen LogP contribution in [0, 0.1) is 0 Å². The molecule has 0 radical (unpaired) electrons. The van der Waals surface area contributed by atoms with Gasteiger partial charge in [0.1, 0.15) is 5.84 Å². The lowest BCUT2D eigenvalue weighted by Crippen LogP contribution is -2.22. The number of aliphatic imine (C=N–C) groups is 1. The maximum atomic E-state index is 12.2. The van der Waals surface area contributed by atoms with E-state index in [2.05, 4.69) is 15.0 Å². The molecule has 4 rings (SSSR count). The summed E-state index contributed by atoms with van der Waals surface area (Å²) in [6, 6.07) is 20.5. The van der Waals surface area contributed by atoms with Gasteiger partial charge in [0.25, 0.3) is 10.0 Å². The second-order valence-corrected chi connectivity index (χ2v) is 8.20. The van der Waals surface area contributed by atoms with E-state index in [0.717, 1.165) is 16.5 Å². The highest BCUT2D eigenvalue weighted by molar-refractivity contribution is 7.90. The standard InChI is InChI=1S/C21H19N3O3S/c25-20(23-17-12-11-15-6-1-2-7-16(15)14-17)10-5-13-22-21-18-8-3-4-9-19(18)28(26,27)24-21/h1-4,6-9,11-12,14H,5,10,13H2,(H,22,24)(H,23,25). The number of anilines is 1. The second kappa shape index (κ2) is 7.44. The molecule has 1 heterocycles. The predicted molar refractivity (Wildman–Crippen MR) is 110 cm³/mol. The Kier molecular flexibility index (Phi) is 4.83. The predicted octanol–water partition coefficient (Wildman–Crippen LogP) is 3.30. The van der Waals surface area contributed by atoms with E-state index in [1.54, 1.807) is 24.3 Å². The smallest absolute Gasteiger partial charge is 0.263 e. The van der Waals surface area contributed by atoms with Gasteiger partial charge >= 0.3 is 0 Å². The van der Waals surface area contributed by atoms with E-state index in [-0.39, 0.29) is 10.8 Å². The van der Waals surface area contributed by atoms with Crippen molar-refractivity contribution >= 4 is 38.2 Å². The van der Waals surface area contributed by atoms with Crippen molar-refractivity contribution in [3.8, 4) is 0 Å². The maximum Gasteiger partial charge on any atom is 0.263 e. The van der Waals surface area contributed by atoms with Gasteiger partial charge in [-0.2, -0.15) is 0 Å². The number of rotatable bonds is 5. The minimum Gasteiger partial charge on any atom is -0.326 e. The number of fused-ring (bicyclic) bond motifs is 2. The van der Waals surface area contributed by atoms with Crippen LogP contribution in [-0.4, -0.2) is 26.7 Å². The summed E-state index contributed by atoms with van der Waals surface area (Å²) in [5.41, 5.74) is 1.33. The van der Waals surface area contributed by atoms with Crippen LogP contribution in [0.2, 0.25) is 0 Å². The summed E-state index contributed by atoms with van der Waals surface area (Å²) in [7, 11) is -3.53. The van der Waals surface area contributed by atoms with E-state index in [1.165, 1.54) is 0 Å². The molecule has 1 aliphatic rings. The van der Waals surface area contributed by atoms with Crippen molar-refractivity contribution < 1.29 is 13.2 Å². The summed E-state index contributed by atoms with van der Waals surface area (Å²) in [6.45, 7) is 0.358. The molecule has 3 aromatic carbocycles. The molecule has 142 valence electrons. The highest BCUT2D eigenvalue weighted by Crippen LogP contribution is 2.22. The first-order chi connectivity index (χ1) is 13.5.